The summed E-state index contributed by atoms with van der Waals surface area (Å²) in [7, 11) is -4.54. The Morgan fingerprint density at radius 1 is 1.43 bits per heavy atom. The van der Waals surface area contributed by atoms with E-state index in [4.69, 9.17) is 30.6 Å². The van der Waals surface area contributed by atoms with Gasteiger partial charge in [-0.2, -0.15) is 14.7 Å². The molecule has 84 valence electrons. The van der Waals surface area contributed by atoms with Crippen LogP contribution in [0.5, 0.6) is 0 Å². The number of nitrogens with two attached hydrogens (primary N) is 1. The van der Waals surface area contributed by atoms with Crippen molar-refractivity contribution >= 4 is 13.9 Å². The van der Waals surface area contributed by atoms with Crippen LogP contribution in [0.15, 0.2) is 0 Å². The highest BCUT2D eigenvalue weighted by molar-refractivity contribution is 7.60. The molecule has 0 fully saturated rings. The Morgan fingerprint density at radius 2 is 1.93 bits per heavy atom. The summed E-state index contributed by atoms with van der Waals surface area (Å²) in [5, 5.41) is 17.2. The fourth-order valence-electron chi connectivity index (χ4n) is 0.608. The minimum atomic E-state index is -4.54. The van der Waals surface area contributed by atoms with Crippen molar-refractivity contribution < 1.29 is 34.4 Å². The van der Waals surface area contributed by atoms with Crippen LogP contribution in [0.25, 0.3) is 0 Å². The zero-order valence-electron chi connectivity index (χ0n) is 7.15. The lowest BCUT2D eigenvalue weighted by Gasteiger charge is -2.15. The number of hydrogen-bond acceptors (Lipinski definition) is 7. The van der Waals surface area contributed by atoms with E-state index in [0.717, 1.165) is 0 Å². The molecule has 0 aromatic carbocycles. The smallest absolute Gasteiger partial charge is 0.394 e. The van der Waals surface area contributed by atoms with E-state index in [-0.39, 0.29) is 0 Å². The van der Waals surface area contributed by atoms with Gasteiger partial charge in [-0.3, -0.25) is 4.79 Å². The minimum Gasteiger partial charge on any atom is -0.394 e. The molecule has 1 amide bonds. The van der Waals surface area contributed by atoms with Crippen LogP contribution in [0.3, 0.4) is 0 Å². The molecule has 8 nitrogen and oxygen atoms in total. The molecule has 9 heteroatoms. The number of carbonyl (C=O) groups is 1. The van der Waals surface area contributed by atoms with Gasteiger partial charge in [0, 0.05) is 0 Å². The lowest BCUT2D eigenvalue weighted by atomic mass is 10.4. The third kappa shape index (κ3) is 4.77. The molecule has 0 spiro atoms. The average molecular weight is 230 g/mol. The van der Waals surface area contributed by atoms with Gasteiger partial charge in [0.15, 0.2) is 0 Å². The molecule has 0 saturated carbocycles. The molecule has 0 saturated heterocycles. The summed E-state index contributed by atoms with van der Waals surface area (Å²) in [4.78, 5) is 36.6. The molecule has 0 aromatic heterocycles. The number of carbonyl (C=O) groups excluding carboxylic acids is 1. The number of ether oxygens (including phenoxy) is 1. The summed E-state index contributed by atoms with van der Waals surface area (Å²) < 4.78 is 4.44. The Kier molecular flexibility index (Phi) is 5.38. The first kappa shape index (κ1) is 13.7. The van der Waals surface area contributed by atoms with Crippen LogP contribution < -0.4 is 5.73 Å². The van der Waals surface area contributed by atoms with Crippen molar-refractivity contribution in [2.24, 2.45) is 5.73 Å². The lowest BCUT2D eigenvalue weighted by Crippen LogP contribution is -2.36. The van der Waals surface area contributed by atoms with Crippen molar-refractivity contribution in [1.29, 1.82) is 0 Å². The Bertz CT molecular complexity index is 193. The summed E-state index contributed by atoms with van der Waals surface area (Å²) in [6.45, 7) is -1.17. The second kappa shape index (κ2) is 5.52. The van der Waals surface area contributed by atoms with Crippen LogP contribution in [0.1, 0.15) is 0 Å². The van der Waals surface area contributed by atoms with Crippen LogP contribution in [0, 0.1) is 0 Å². The number of primary amides is 1. The maximum absolute atomic E-state index is 10.5. The molecule has 2 unspecified atom stereocenters. The number of rotatable bonds is 6. The molecule has 7 N–H and O–H groups in total. The monoisotopic (exact) mass is 230 g/mol. The molecule has 0 rings (SSSR count). The van der Waals surface area contributed by atoms with Crippen molar-refractivity contribution in [3.05, 3.63) is 0 Å². The molecule has 0 aromatic rings. The van der Waals surface area contributed by atoms with Crippen molar-refractivity contribution in [1.82, 2.24) is 0 Å². The normalized spacial score (nSPS) is 16.4. The highest BCUT2D eigenvalue weighted by Gasteiger charge is 2.48. The van der Waals surface area contributed by atoms with Gasteiger partial charge in [0.25, 0.3) is 5.91 Å². The standard InChI is InChI=1S/C5H12NO7P/c6-4(9)5(14(10,11)12)13-2-3(8)1-7/h3,5,7-8,10-12H,1-2H2,(H-,6,9)/p+1. The Labute approximate surface area is 80.1 Å². The molecule has 0 aliphatic heterocycles. The quantitative estimate of drug-likeness (QED) is 0.264. The van der Waals surface area contributed by atoms with Gasteiger partial charge in [0.2, 0.25) is 0 Å². The number of aliphatic hydroxyl groups is 2. The third-order valence-electron chi connectivity index (χ3n) is 1.22. The second-order valence-electron chi connectivity index (χ2n) is 2.54. The van der Waals surface area contributed by atoms with Gasteiger partial charge in [0.1, 0.15) is 6.10 Å². The summed E-state index contributed by atoms with van der Waals surface area (Å²) in [5.41, 5.74) is 4.69. The topological polar surface area (TPSA) is 153 Å². The summed E-state index contributed by atoms with van der Waals surface area (Å²) in [6, 6.07) is 0. The summed E-state index contributed by atoms with van der Waals surface area (Å²) in [5.74, 6) is -3.25. The molecule has 2 atom stereocenters. The fraction of sp³-hybridized carbons (Fsp3) is 0.800. The predicted molar refractivity (Wildman–Crippen MR) is 45.6 cm³/mol. The van der Waals surface area contributed by atoms with E-state index in [1.807, 2.05) is 0 Å². The van der Waals surface area contributed by atoms with Gasteiger partial charge in [-0.1, -0.05) is 0 Å². The molecular weight excluding hydrogens is 217 g/mol. The molecule has 0 aliphatic rings. The van der Waals surface area contributed by atoms with Gasteiger partial charge >= 0.3 is 13.8 Å². The van der Waals surface area contributed by atoms with E-state index in [1.165, 1.54) is 0 Å². The average Bonchev–Trinajstić information content (AvgIpc) is 2.01. The van der Waals surface area contributed by atoms with Crippen LogP contribution in [0.2, 0.25) is 0 Å². The molecule has 0 radical (unpaired) electrons. The molecule has 0 aliphatic carbocycles. The SMILES string of the molecule is NC(=O)C(OCC(O)CO)[P+](O)(O)O. The lowest BCUT2D eigenvalue weighted by molar-refractivity contribution is -0.127. The van der Waals surface area contributed by atoms with E-state index >= 15 is 0 Å². The highest BCUT2D eigenvalue weighted by Crippen LogP contribution is 2.50. The second-order valence-corrected chi connectivity index (χ2v) is 4.24. The molecule has 0 bridgehead atoms. The first-order valence-electron chi connectivity index (χ1n) is 3.55. The zero-order valence-corrected chi connectivity index (χ0v) is 8.04. The van der Waals surface area contributed by atoms with Gasteiger partial charge in [-0.15, -0.1) is 0 Å². The van der Waals surface area contributed by atoms with Gasteiger partial charge in [-0.25, -0.2) is 0 Å². The molecule has 14 heavy (non-hydrogen) atoms. The zero-order chi connectivity index (χ0) is 11.4. The van der Waals surface area contributed by atoms with Crippen LogP contribution in [-0.2, 0) is 9.53 Å². The number of amides is 1. The minimum absolute atomic E-state index is 0.548. The first-order valence-corrected chi connectivity index (χ1v) is 5.27. The van der Waals surface area contributed by atoms with Crippen molar-refractivity contribution in [2.75, 3.05) is 13.2 Å². The van der Waals surface area contributed by atoms with E-state index in [0.29, 0.717) is 0 Å². The molecule has 0 heterocycles. The summed E-state index contributed by atoms with van der Waals surface area (Å²) in [6.07, 6.45) is -1.29. The van der Waals surface area contributed by atoms with E-state index in [2.05, 4.69) is 4.74 Å². The Hall–Kier alpha value is -0.340. The van der Waals surface area contributed by atoms with Crippen molar-refractivity contribution in [3.8, 4) is 0 Å². The van der Waals surface area contributed by atoms with E-state index in [9.17, 15) is 4.79 Å². The van der Waals surface area contributed by atoms with E-state index < -0.39 is 39.0 Å². The maximum Gasteiger partial charge on any atom is 0.445 e. The van der Waals surface area contributed by atoms with Crippen molar-refractivity contribution in [3.63, 3.8) is 0 Å². The summed E-state index contributed by atoms with van der Waals surface area (Å²) >= 11 is 0. The molecular formula is C5H13NO7P+. The van der Waals surface area contributed by atoms with Gasteiger partial charge in [-0.05, 0) is 0 Å². The number of hydrogen-bond donors (Lipinski definition) is 6. The van der Waals surface area contributed by atoms with Gasteiger partial charge < -0.3 is 20.7 Å². The Balaban J connectivity index is 4.19. The Morgan fingerprint density at radius 3 is 2.21 bits per heavy atom. The largest absolute Gasteiger partial charge is 0.445 e. The predicted octanol–water partition coefficient (Wildman–Crippen LogP) is -3.09. The van der Waals surface area contributed by atoms with Gasteiger partial charge in [0.05, 0.1) is 13.2 Å². The van der Waals surface area contributed by atoms with Crippen LogP contribution in [-0.4, -0.2) is 56.0 Å². The fourth-order valence-corrected chi connectivity index (χ4v) is 1.24. The van der Waals surface area contributed by atoms with Crippen LogP contribution in [0.4, 0.5) is 0 Å². The number of aliphatic hydroxyl groups excluding tert-OH is 2. The highest BCUT2D eigenvalue weighted by atomic mass is 31.2. The first-order chi connectivity index (χ1) is 6.29. The third-order valence-corrected chi connectivity index (χ3v) is 2.25. The van der Waals surface area contributed by atoms with E-state index in [1.54, 1.807) is 0 Å². The van der Waals surface area contributed by atoms with Crippen molar-refractivity contribution in [2.45, 2.75) is 11.9 Å². The van der Waals surface area contributed by atoms with Crippen LogP contribution >= 0.6 is 7.94 Å². The maximum atomic E-state index is 10.5.